The second-order valence-electron chi connectivity index (χ2n) is 8.49. The Bertz CT molecular complexity index is 1080. The van der Waals surface area contributed by atoms with Crippen molar-refractivity contribution in [3.05, 3.63) is 90.0 Å². The van der Waals surface area contributed by atoms with Gasteiger partial charge in [-0.3, -0.25) is 9.59 Å². The fourth-order valence-electron chi connectivity index (χ4n) is 3.98. The highest BCUT2D eigenvalue weighted by atomic mass is 16.5. The average Bonchev–Trinajstić information content (AvgIpc) is 3.17. The van der Waals surface area contributed by atoms with Crippen molar-refractivity contribution in [2.75, 3.05) is 30.3 Å². The lowest BCUT2D eigenvalue weighted by Crippen LogP contribution is -2.31. The van der Waals surface area contributed by atoms with Gasteiger partial charge in [-0.15, -0.1) is 0 Å². The molecule has 1 aliphatic rings. The van der Waals surface area contributed by atoms with Gasteiger partial charge >= 0.3 is 0 Å². The van der Waals surface area contributed by atoms with Crippen LogP contribution in [0.15, 0.2) is 78.9 Å². The number of rotatable bonds is 8. The van der Waals surface area contributed by atoms with E-state index in [1.165, 1.54) is 12.8 Å². The van der Waals surface area contributed by atoms with E-state index >= 15 is 0 Å². The summed E-state index contributed by atoms with van der Waals surface area (Å²) in [4.78, 5) is 27.2. The molecule has 4 rings (SSSR count). The van der Waals surface area contributed by atoms with E-state index in [9.17, 15) is 9.59 Å². The molecule has 6 nitrogen and oxygen atoms in total. The smallest absolute Gasteiger partial charge is 0.253 e. The van der Waals surface area contributed by atoms with Crippen LogP contribution < -0.4 is 15.4 Å². The zero-order valence-corrected chi connectivity index (χ0v) is 19.3. The molecule has 0 radical (unpaired) electrons. The molecule has 0 spiro atoms. The maximum Gasteiger partial charge on any atom is 0.253 e. The number of hydrogen-bond acceptors (Lipinski definition) is 4. The summed E-state index contributed by atoms with van der Waals surface area (Å²) in [5.74, 6) is 0.637. The largest absolute Gasteiger partial charge is 0.489 e. The Balaban J connectivity index is 1.25. The van der Waals surface area contributed by atoms with Crippen LogP contribution in [0.25, 0.3) is 0 Å². The fourth-order valence-corrected chi connectivity index (χ4v) is 3.98. The van der Waals surface area contributed by atoms with E-state index in [-0.39, 0.29) is 18.4 Å². The van der Waals surface area contributed by atoms with E-state index < -0.39 is 0 Å². The van der Waals surface area contributed by atoms with E-state index in [0.29, 0.717) is 17.9 Å². The second-order valence-corrected chi connectivity index (χ2v) is 8.49. The number of likely N-dealkylation sites (tertiary alicyclic amines) is 1. The number of hydrogen-bond donors (Lipinski definition) is 2. The van der Waals surface area contributed by atoms with Crippen LogP contribution in [-0.4, -0.2) is 36.3 Å². The van der Waals surface area contributed by atoms with Gasteiger partial charge in [-0.1, -0.05) is 49.2 Å². The average molecular weight is 458 g/mol. The third kappa shape index (κ3) is 6.85. The topological polar surface area (TPSA) is 70.7 Å². The number of nitrogens with zero attached hydrogens (tertiary/aromatic N) is 1. The number of benzene rings is 3. The van der Waals surface area contributed by atoms with E-state index in [4.69, 9.17) is 4.74 Å². The molecule has 6 heteroatoms. The summed E-state index contributed by atoms with van der Waals surface area (Å²) in [6.45, 7) is 2.23. The Hall–Kier alpha value is -3.80. The summed E-state index contributed by atoms with van der Waals surface area (Å²) in [6.07, 6.45) is 4.49. The van der Waals surface area contributed by atoms with Crippen molar-refractivity contribution < 1.29 is 14.3 Å². The van der Waals surface area contributed by atoms with Crippen LogP contribution in [0.4, 0.5) is 11.4 Å². The summed E-state index contributed by atoms with van der Waals surface area (Å²) in [6, 6.07) is 24.6. The molecule has 0 saturated carbocycles. The van der Waals surface area contributed by atoms with Gasteiger partial charge in [0.1, 0.15) is 12.4 Å². The van der Waals surface area contributed by atoms with Crippen molar-refractivity contribution >= 4 is 23.2 Å². The van der Waals surface area contributed by atoms with E-state index in [0.717, 1.165) is 42.9 Å². The standard InChI is InChI=1S/C28H31N3O3/c32-27(30-24-13-15-26(16-14-24)34-21-22-9-4-3-5-10-22)20-29-25-12-8-11-23(19-25)28(33)31-17-6-1-2-7-18-31/h3-5,8-16,19,29H,1-2,6-7,17-18,20-21H2,(H,30,32). The van der Waals surface area contributed by atoms with Crippen LogP contribution in [0.2, 0.25) is 0 Å². The maximum absolute atomic E-state index is 12.8. The van der Waals surface area contributed by atoms with Crippen LogP contribution in [0, 0.1) is 0 Å². The normalized spacial score (nSPS) is 13.6. The minimum absolute atomic E-state index is 0.0598. The van der Waals surface area contributed by atoms with Gasteiger partial charge in [0.15, 0.2) is 0 Å². The van der Waals surface area contributed by atoms with Gasteiger partial charge in [-0.05, 0) is 60.9 Å². The Kier molecular flexibility index (Phi) is 8.17. The molecule has 1 aliphatic heterocycles. The number of nitrogens with one attached hydrogen (secondary N) is 2. The Labute approximate surface area is 200 Å². The summed E-state index contributed by atoms with van der Waals surface area (Å²) in [7, 11) is 0. The molecule has 2 amide bonds. The summed E-state index contributed by atoms with van der Waals surface area (Å²) >= 11 is 0. The molecule has 0 bridgehead atoms. The molecular formula is C28H31N3O3. The predicted octanol–water partition coefficient (Wildman–Crippen LogP) is 5.33. The molecule has 3 aromatic rings. The summed E-state index contributed by atoms with van der Waals surface area (Å²) in [5, 5.41) is 5.99. The van der Waals surface area contributed by atoms with Crippen LogP contribution >= 0.6 is 0 Å². The monoisotopic (exact) mass is 457 g/mol. The first-order valence-electron chi connectivity index (χ1n) is 11.9. The van der Waals surface area contributed by atoms with Crippen molar-refractivity contribution in [2.24, 2.45) is 0 Å². The minimum Gasteiger partial charge on any atom is -0.489 e. The maximum atomic E-state index is 12.8. The first-order chi connectivity index (χ1) is 16.7. The molecule has 1 saturated heterocycles. The lowest BCUT2D eigenvalue weighted by molar-refractivity contribution is -0.114. The lowest BCUT2D eigenvalue weighted by Gasteiger charge is -2.20. The molecule has 0 unspecified atom stereocenters. The second kappa shape index (κ2) is 11.9. The molecule has 176 valence electrons. The van der Waals surface area contributed by atoms with Crippen molar-refractivity contribution in [3.63, 3.8) is 0 Å². The number of carbonyl (C=O) groups excluding carboxylic acids is 2. The van der Waals surface area contributed by atoms with Gasteiger partial charge in [0, 0.05) is 30.0 Å². The molecule has 0 atom stereocenters. The highest BCUT2D eigenvalue weighted by Gasteiger charge is 2.17. The number of anilines is 2. The predicted molar refractivity (Wildman–Crippen MR) is 135 cm³/mol. The molecule has 1 heterocycles. The Morgan fingerprint density at radius 3 is 2.26 bits per heavy atom. The van der Waals surface area contributed by atoms with Gasteiger partial charge in [-0.2, -0.15) is 0 Å². The zero-order chi connectivity index (χ0) is 23.6. The van der Waals surface area contributed by atoms with Crippen molar-refractivity contribution in [1.82, 2.24) is 4.90 Å². The molecular weight excluding hydrogens is 426 g/mol. The highest BCUT2D eigenvalue weighted by molar-refractivity contribution is 5.96. The van der Waals surface area contributed by atoms with Crippen molar-refractivity contribution in [2.45, 2.75) is 32.3 Å². The Morgan fingerprint density at radius 1 is 0.794 bits per heavy atom. The molecule has 0 aliphatic carbocycles. The van der Waals surface area contributed by atoms with E-state index in [1.807, 2.05) is 83.8 Å². The third-order valence-corrected chi connectivity index (χ3v) is 5.84. The molecule has 34 heavy (non-hydrogen) atoms. The Morgan fingerprint density at radius 2 is 1.53 bits per heavy atom. The first kappa shape index (κ1) is 23.4. The molecule has 0 aromatic heterocycles. The third-order valence-electron chi connectivity index (χ3n) is 5.84. The van der Waals surface area contributed by atoms with Gasteiger partial charge in [0.05, 0.1) is 6.54 Å². The minimum atomic E-state index is -0.165. The van der Waals surface area contributed by atoms with Gasteiger partial charge in [0.2, 0.25) is 5.91 Å². The van der Waals surface area contributed by atoms with Crippen LogP contribution in [0.3, 0.4) is 0 Å². The van der Waals surface area contributed by atoms with Crippen molar-refractivity contribution in [3.8, 4) is 5.75 Å². The number of ether oxygens (including phenoxy) is 1. The zero-order valence-electron chi connectivity index (χ0n) is 19.3. The summed E-state index contributed by atoms with van der Waals surface area (Å²) in [5.41, 5.74) is 3.20. The lowest BCUT2D eigenvalue weighted by atomic mass is 10.1. The number of carbonyl (C=O) groups is 2. The molecule has 1 fully saturated rings. The molecule has 3 aromatic carbocycles. The molecule has 2 N–H and O–H groups in total. The van der Waals surface area contributed by atoms with Crippen molar-refractivity contribution in [1.29, 1.82) is 0 Å². The highest BCUT2D eigenvalue weighted by Crippen LogP contribution is 2.18. The van der Waals surface area contributed by atoms with Crippen LogP contribution in [0.1, 0.15) is 41.6 Å². The van der Waals surface area contributed by atoms with Crippen LogP contribution in [0.5, 0.6) is 5.75 Å². The van der Waals surface area contributed by atoms with Gasteiger partial charge in [0.25, 0.3) is 5.91 Å². The summed E-state index contributed by atoms with van der Waals surface area (Å²) < 4.78 is 5.78. The fraction of sp³-hybridized carbons (Fsp3) is 0.286. The SMILES string of the molecule is O=C(CNc1cccc(C(=O)N2CCCCCC2)c1)Nc1ccc(OCc2ccccc2)cc1. The van der Waals surface area contributed by atoms with Gasteiger partial charge < -0.3 is 20.3 Å². The van der Waals surface area contributed by atoms with E-state index in [1.54, 1.807) is 0 Å². The van der Waals surface area contributed by atoms with E-state index in [2.05, 4.69) is 10.6 Å². The van der Waals surface area contributed by atoms with Crippen LogP contribution in [-0.2, 0) is 11.4 Å². The quantitative estimate of drug-likeness (QED) is 0.480. The van der Waals surface area contributed by atoms with Gasteiger partial charge in [-0.25, -0.2) is 0 Å². The number of amides is 2. The first-order valence-corrected chi connectivity index (χ1v) is 11.9.